The van der Waals surface area contributed by atoms with Gasteiger partial charge in [-0.3, -0.25) is 4.79 Å². The van der Waals surface area contributed by atoms with Crippen molar-refractivity contribution in [3.05, 3.63) is 35.9 Å². The van der Waals surface area contributed by atoms with Gasteiger partial charge in [-0.15, -0.1) is 0 Å². The van der Waals surface area contributed by atoms with E-state index in [1.807, 2.05) is 6.07 Å². The Morgan fingerprint density at radius 1 is 1.35 bits per heavy atom. The molecule has 0 aliphatic carbocycles. The second kappa shape index (κ2) is 5.72. The highest BCUT2D eigenvalue weighted by molar-refractivity contribution is 8.14. The lowest BCUT2D eigenvalue weighted by atomic mass is 9.88. The van der Waals surface area contributed by atoms with Crippen LogP contribution >= 0.6 is 11.8 Å². The van der Waals surface area contributed by atoms with Gasteiger partial charge in [0.15, 0.2) is 5.12 Å². The molecule has 2 rings (SSSR count). The molecule has 1 aliphatic heterocycles. The Morgan fingerprint density at radius 2 is 2.06 bits per heavy atom. The number of carbonyl (C=O) groups is 1. The van der Waals surface area contributed by atoms with Crippen LogP contribution in [0.2, 0.25) is 0 Å². The zero-order chi connectivity index (χ0) is 12.3. The molecule has 3 atom stereocenters. The summed E-state index contributed by atoms with van der Waals surface area (Å²) in [7, 11) is 0. The molecule has 0 unspecified atom stereocenters. The summed E-state index contributed by atoms with van der Waals surface area (Å²) in [5.41, 5.74) is 1.35. The lowest BCUT2D eigenvalue weighted by Crippen LogP contribution is -2.15. The lowest BCUT2D eigenvalue weighted by Gasteiger charge is -2.15. The molecule has 0 aromatic heterocycles. The summed E-state index contributed by atoms with van der Waals surface area (Å²) in [6.07, 6.45) is 3.20. The molecule has 1 heterocycles. The van der Waals surface area contributed by atoms with Gasteiger partial charge in [-0.1, -0.05) is 62.4 Å². The van der Waals surface area contributed by atoms with Crippen LogP contribution in [0.1, 0.15) is 32.3 Å². The van der Waals surface area contributed by atoms with E-state index in [-0.39, 0.29) is 0 Å². The Balaban J connectivity index is 1.95. The average Bonchev–Trinajstić information content (AvgIpc) is 2.70. The molecule has 17 heavy (non-hydrogen) atoms. The number of carbonyl (C=O) groups excluding carboxylic acids is 1. The van der Waals surface area contributed by atoms with Gasteiger partial charge in [0.05, 0.1) is 0 Å². The molecule has 1 saturated heterocycles. The van der Waals surface area contributed by atoms with Crippen LogP contribution in [-0.4, -0.2) is 10.4 Å². The van der Waals surface area contributed by atoms with Crippen LogP contribution < -0.4 is 0 Å². The van der Waals surface area contributed by atoms with Crippen LogP contribution in [-0.2, 0) is 11.2 Å². The molecule has 0 amide bonds. The van der Waals surface area contributed by atoms with Crippen molar-refractivity contribution in [2.24, 2.45) is 11.8 Å². The van der Waals surface area contributed by atoms with Gasteiger partial charge in [0.2, 0.25) is 0 Å². The fourth-order valence-electron chi connectivity index (χ4n) is 2.43. The van der Waals surface area contributed by atoms with E-state index in [0.29, 0.717) is 22.2 Å². The van der Waals surface area contributed by atoms with Crippen LogP contribution in [0.5, 0.6) is 0 Å². The highest BCUT2D eigenvalue weighted by Gasteiger charge is 2.35. The van der Waals surface area contributed by atoms with Crippen molar-refractivity contribution in [2.75, 3.05) is 0 Å². The van der Waals surface area contributed by atoms with Crippen molar-refractivity contribution in [1.29, 1.82) is 0 Å². The first-order valence-corrected chi connectivity index (χ1v) is 7.33. The summed E-state index contributed by atoms with van der Waals surface area (Å²) in [5.74, 6) is 0.828. The maximum absolute atomic E-state index is 11.9. The molecule has 1 fully saturated rings. The predicted molar refractivity (Wildman–Crippen MR) is 74.1 cm³/mol. The third-order valence-corrected chi connectivity index (χ3v) is 4.97. The Hall–Kier alpha value is -0.760. The van der Waals surface area contributed by atoms with Gasteiger partial charge in [-0.25, -0.2) is 0 Å². The average molecular weight is 248 g/mol. The van der Waals surface area contributed by atoms with E-state index < -0.39 is 0 Å². The zero-order valence-corrected chi connectivity index (χ0v) is 11.4. The van der Waals surface area contributed by atoms with Crippen LogP contribution in [0.3, 0.4) is 0 Å². The molecule has 0 radical (unpaired) electrons. The molecular weight excluding hydrogens is 228 g/mol. The van der Waals surface area contributed by atoms with Crippen molar-refractivity contribution in [3.8, 4) is 0 Å². The normalized spacial score (nSPS) is 26.1. The SMILES string of the molecule is CC[C@H](C)[C@@H]1C[C@H](Cc2ccccc2)SC1=O. The van der Waals surface area contributed by atoms with Gasteiger partial charge in [0, 0.05) is 11.2 Å². The van der Waals surface area contributed by atoms with Gasteiger partial charge >= 0.3 is 0 Å². The third-order valence-electron chi connectivity index (χ3n) is 3.74. The molecule has 1 aliphatic rings. The van der Waals surface area contributed by atoms with Crippen LogP contribution in [0, 0.1) is 11.8 Å². The zero-order valence-electron chi connectivity index (χ0n) is 10.6. The molecule has 1 aromatic rings. The van der Waals surface area contributed by atoms with E-state index in [0.717, 1.165) is 19.3 Å². The van der Waals surface area contributed by atoms with Crippen LogP contribution in [0.15, 0.2) is 30.3 Å². The van der Waals surface area contributed by atoms with E-state index in [1.54, 1.807) is 11.8 Å². The highest BCUT2D eigenvalue weighted by Crippen LogP contribution is 2.39. The Kier molecular flexibility index (Phi) is 4.27. The van der Waals surface area contributed by atoms with Gasteiger partial charge < -0.3 is 0 Å². The van der Waals surface area contributed by atoms with Crippen molar-refractivity contribution < 1.29 is 4.79 Å². The minimum Gasteiger partial charge on any atom is -0.287 e. The van der Waals surface area contributed by atoms with Gasteiger partial charge in [-0.2, -0.15) is 0 Å². The summed E-state index contributed by atoms with van der Waals surface area (Å²) in [6.45, 7) is 4.38. The number of hydrogen-bond acceptors (Lipinski definition) is 2. The quantitative estimate of drug-likeness (QED) is 0.803. The number of rotatable bonds is 4. The molecule has 92 valence electrons. The first kappa shape index (κ1) is 12.7. The number of thioether (sulfide) groups is 1. The lowest BCUT2D eigenvalue weighted by molar-refractivity contribution is -0.115. The second-order valence-corrected chi connectivity index (χ2v) is 6.28. The van der Waals surface area contributed by atoms with Crippen molar-refractivity contribution in [1.82, 2.24) is 0 Å². The summed E-state index contributed by atoms with van der Waals surface area (Å²) in [6, 6.07) is 10.5. The van der Waals surface area contributed by atoms with Crippen LogP contribution in [0.25, 0.3) is 0 Å². The summed E-state index contributed by atoms with van der Waals surface area (Å²) < 4.78 is 0. The molecule has 1 aromatic carbocycles. The van der Waals surface area contributed by atoms with Crippen molar-refractivity contribution >= 4 is 16.9 Å². The predicted octanol–water partition coefficient (Wildman–Crippen LogP) is 3.92. The maximum Gasteiger partial charge on any atom is 0.192 e. The Bertz CT molecular complexity index is 374. The minimum absolute atomic E-state index is 0.290. The van der Waals surface area contributed by atoms with Gasteiger partial charge in [0.25, 0.3) is 0 Å². The second-order valence-electron chi connectivity index (χ2n) is 4.98. The molecule has 1 nitrogen and oxygen atoms in total. The van der Waals surface area contributed by atoms with Gasteiger partial charge in [0.1, 0.15) is 0 Å². The van der Waals surface area contributed by atoms with E-state index >= 15 is 0 Å². The Morgan fingerprint density at radius 3 is 2.71 bits per heavy atom. The molecular formula is C15H20OS. The Labute approximate surface area is 108 Å². The summed E-state index contributed by atoms with van der Waals surface area (Å²) in [4.78, 5) is 11.9. The van der Waals surface area contributed by atoms with E-state index in [4.69, 9.17) is 0 Å². The van der Waals surface area contributed by atoms with Crippen molar-refractivity contribution in [3.63, 3.8) is 0 Å². The first-order chi connectivity index (χ1) is 8.20. The summed E-state index contributed by atoms with van der Waals surface area (Å²) >= 11 is 1.57. The molecule has 0 N–H and O–H groups in total. The van der Waals surface area contributed by atoms with Crippen molar-refractivity contribution in [2.45, 2.75) is 38.4 Å². The fraction of sp³-hybridized carbons (Fsp3) is 0.533. The van der Waals surface area contributed by atoms with E-state index in [2.05, 4.69) is 38.1 Å². The standard InChI is InChI=1S/C15H20OS/c1-3-11(2)14-10-13(17-15(14)16)9-12-7-5-4-6-8-12/h4-8,11,13-14H,3,9-10H2,1-2H3/t11-,13-,14-/m0/s1. The highest BCUT2D eigenvalue weighted by atomic mass is 32.2. The minimum atomic E-state index is 0.290. The molecule has 2 heteroatoms. The first-order valence-electron chi connectivity index (χ1n) is 6.45. The van der Waals surface area contributed by atoms with E-state index in [1.165, 1.54) is 5.56 Å². The number of hydrogen-bond donors (Lipinski definition) is 0. The maximum atomic E-state index is 11.9. The monoisotopic (exact) mass is 248 g/mol. The largest absolute Gasteiger partial charge is 0.287 e. The van der Waals surface area contributed by atoms with Crippen LogP contribution in [0.4, 0.5) is 0 Å². The smallest absolute Gasteiger partial charge is 0.192 e. The fourth-order valence-corrected chi connectivity index (χ4v) is 3.84. The van der Waals surface area contributed by atoms with E-state index in [9.17, 15) is 4.79 Å². The van der Waals surface area contributed by atoms with Gasteiger partial charge in [-0.05, 0) is 24.3 Å². The molecule has 0 spiro atoms. The topological polar surface area (TPSA) is 17.1 Å². The third kappa shape index (κ3) is 3.12. The summed E-state index contributed by atoms with van der Waals surface area (Å²) in [5, 5.41) is 0.907. The molecule has 0 saturated carbocycles. The molecule has 0 bridgehead atoms. The number of benzene rings is 1.